The first-order valence-electron chi connectivity index (χ1n) is 4.82. The number of unbranched alkanes of at least 4 members (excludes halogenated alkanes) is 1. The predicted octanol–water partition coefficient (Wildman–Crippen LogP) is 0.954. The summed E-state index contributed by atoms with van der Waals surface area (Å²) in [6, 6.07) is 0. The molecule has 0 aromatic carbocycles. The number of carbonyl (C=O) groups is 1. The molecule has 0 bridgehead atoms. The maximum absolute atomic E-state index is 11.3. The van der Waals surface area contributed by atoms with Gasteiger partial charge in [0.25, 0.3) is 0 Å². The van der Waals surface area contributed by atoms with E-state index < -0.39 is 0 Å². The second kappa shape index (κ2) is 4.45. The van der Waals surface area contributed by atoms with Crippen molar-refractivity contribution in [2.75, 3.05) is 13.1 Å². The lowest BCUT2D eigenvalue weighted by atomic mass is 10.3. The molecule has 0 saturated carbocycles. The molecule has 0 spiro atoms. The molecule has 70 valence electrons. The number of amides is 1. The van der Waals surface area contributed by atoms with Crippen LogP contribution < -0.4 is 5.32 Å². The standard InChI is InChI=1S/C9H18N2O/c1-3-5-6-11-8(4-2)10-7-9(11)12/h8,10H,3-7H2,1-2H3. The van der Waals surface area contributed by atoms with E-state index >= 15 is 0 Å². The van der Waals surface area contributed by atoms with Gasteiger partial charge in [-0.05, 0) is 12.8 Å². The molecular weight excluding hydrogens is 152 g/mol. The highest BCUT2D eigenvalue weighted by Crippen LogP contribution is 2.09. The van der Waals surface area contributed by atoms with Gasteiger partial charge in [-0.25, -0.2) is 0 Å². The van der Waals surface area contributed by atoms with Crippen LogP contribution in [-0.2, 0) is 4.79 Å². The molecule has 1 saturated heterocycles. The molecule has 3 heteroatoms. The fourth-order valence-electron chi connectivity index (χ4n) is 1.56. The van der Waals surface area contributed by atoms with Crippen LogP contribution in [0.2, 0.25) is 0 Å². The van der Waals surface area contributed by atoms with E-state index in [-0.39, 0.29) is 5.91 Å². The van der Waals surface area contributed by atoms with Gasteiger partial charge in [-0.1, -0.05) is 20.3 Å². The normalized spacial score (nSPS) is 23.7. The van der Waals surface area contributed by atoms with Crippen LogP contribution in [0.1, 0.15) is 33.1 Å². The van der Waals surface area contributed by atoms with Crippen molar-refractivity contribution in [2.24, 2.45) is 0 Å². The van der Waals surface area contributed by atoms with Crippen LogP contribution in [0.4, 0.5) is 0 Å². The molecule has 1 heterocycles. The molecule has 1 rings (SSSR count). The van der Waals surface area contributed by atoms with Crippen LogP contribution >= 0.6 is 0 Å². The number of rotatable bonds is 4. The van der Waals surface area contributed by atoms with Crippen LogP contribution in [0.5, 0.6) is 0 Å². The van der Waals surface area contributed by atoms with Crippen molar-refractivity contribution in [3.63, 3.8) is 0 Å². The Morgan fingerprint density at radius 3 is 2.92 bits per heavy atom. The third-order valence-corrected chi connectivity index (χ3v) is 2.32. The van der Waals surface area contributed by atoms with E-state index in [9.17, 15) is 4.79 Å². The molecule has 0 aromatic heterocycles. The summed E-state index contributed by atoms with van der Waals surface area (Å²) in [5.41, 5.74) is 0. The average molecular weight is 170 g/mol. The largest absolute Gasteiger partial charge is 0.326 e. The summed E-state index contributed by atoms with van der Waals surface area (Å²) in [5.74, 6) is 0.260. The minimum absolute atomic E-state index is 0.260. The van der Waals surface area contributed by atoms with Gasteiger partial charge in [0.1, 0.15) is 0 Å². The summed E-state index contributed by atoms with van der Waals surface area (Å²) in [6.07, 6.45) is 3.57. The van der Waals surface area contributed by atoms with Crippen molar-refractivity contribution in [2.45, 2.75) is 39.3 Å². The second-order valence-electron chi connectivity index (χ2n) is 3.25. The first kappa shape index (κ1) is 9.52. The Morgan fingerprint density at radius 2 is 2.33 bits per heavy atom. The lowest BCUT2D eigenvalue weighted by molar-refractivity contribution is -0.128. The lowest BCUT2D eigenvalue weighted by Gasteiger charge is -2.22. The molecule has 0 radical (unpaired) electrons. The quantitative estimate of drug-likeness (QED) is 0.681. The van der Waals surface area contributed by atoms with Gasteiger partial charge in [-0.3, -0.25) is 10.1 Å². The summed E-state index contributed by atoms with van der Waals surface area (Å²) >= 11 is 0. The maximum Gasteiger partial charge on any atom is 0.237 e. The molecule has 1 unspecified atom stereocenters. The van der Waals surface area contributed by atoms with E-state index in [0.717, 1.165) is 25.8 Å². The first-order chi connectivity index (χ1) is 5.79. The van der Waals surface area contributed by atoms with Gasteiger partial charge in [-0.2, -0.15) is 0 Å². The van der Waals surface area contributed by atoms with E-state index in [0.29, 0.717) is 12.7 Å². The maximum atomic E-state index is 11.3. The molecule has 12 heavy (non-hydrogen) atoms. The van der Waals surface area contributed by atoms with Crippen LogP contribution in [0.25, 0.3) is 0 Å². The van der Waals surface area contributed by atoms with Gasteiger partial charge < -0.3 is 4.90 Å². The number of nitrogens with zero attached hydrogens (tertiary/aromatic N) is 1. The van der Waals surface area contributed by atoms with E-state index in [2.05, 4.69) is 19.2 Å². The fraction of sp³-hybridized carbons (Fsp3) is 0.889. The predicted molar refractivity (Wildman–Crippen MR) is 48.7 cm³/mol. The zero-order chi connectivity index (χ0) is 8.97. The highest BCUT2D eigenvalue weighted by Gasteiger charge is 2.27. The monoisotopic (exact) mass is 170 g/mol. The highest BCUT2D eigenvalue weighted by molar-refractivity contribution is 5.80. The van der Waals surface area contributed by atoms with Crippen molar-refractivity contribution < 1.29 is 4.79 Å². The smallest absolute Gasteiger partial charge is 0.237 e. The van der Waals surface area contributed by atoms with Crippen molar-refractivity contribution in [1.82, 2.24) is 10.2 Å². The number of hydrogen-bond acceptors (Lipinski definition) is 2. The minimum atomic E-state index is 0.260. The molecule has 0 aromatic rings. The molecule has 3 nitrogen and oxygen atoms in total. The zero-order valence-electron chi connectivity index (χ0n) is 7.97. The Hall–Kier alpha value is -0.570. The fourth-order valence-corrected chi connectivity index (χ4v) is 1.56. The van der Waals surface area contributed by atoms with E-state index in [1.54, 1.807) is 0 Å². The molecule has 0 aliphatic carbocycles. The Morgan fingerprint density at radius 1 is 1.58 bits per heavy atom. The Kier molecular flexibility index (Phi) is 3.53. The summed E-state index contributed by atoms with van der Waals surface area (Å²) in [6.45, 7) is 5.70. The van der Waals surface area contributed by atoms with Crippen LogP contribution in [0.3, 0.4) is 0 Å². The molecule has 1 N–H and O–H groups in total. The average Bonchev–Trinajstić information content (AvgIpc) is 2.43. The van der Waals surface area contributed by atoms with Crippen LogP contribution in [0.15, 0.2) is 0 Å². The summed E-state index contributed by atoms with van der Waals surface area (Å²) < 4.78 is 0. The lowest BCUT2D eigenvalue weighted by Crippen LogP contribution is -2.37. The summed E-state index contributed by atoms with van der Waals surface area (Å²) in [7, 11) is 0. The molecule has 1 atom stereocenters. The van der Waals surface area contributed by atoms with Gasteiger partial charge in [0.05, 0.1) is 12.7 Å². The third-order valence-electron chi connectivity index (χ3n) is 2.32. The molecule has 1 fully saturated rings. The van der Waals surface area contributed by atoms with Gasteiger partial charge in [0.2, 0.25) is 5.91 Å². The second-order valence-corrected chi connectivity index (χ2v) is 3.25. The van der Waals surface area contributed by atoms with Crippen molar-refractivity contribution in [3.8, 4) is 0 Å². The number of carbonyl (C=O) groups excluding carboxylic acids is 1. The van der Waals surface area contributed by atoms with Gasteiger partial charge in [0.15, 0.2) is 0 Å². The Labute approximate surface area is 74.1 Å². The minimum Gasteiger partial charge on any atom is -0.326 e. The number of hydrogen-bond donors (Lipinski definition) is 1. The van der Waals surface area contributed by atoms with Gasteiger partial charge in [-0.15, -0.1) is 0 Å². The first-order valence-corrected chi connectivity index (χ1v) is 4.82. The summed E-state index contributed by atoms with van der Waals surface area (Å²) in [4.78, 5) is 13.3. The number of nitrogens with one attached hydrogen (secondary N) is 1. The van der Waals surface area contributed by atoms with E-state index in [4.69, 9.17) is 0 Å². The van der Waals surface area contributed by atoms with Crippen molar-refractivity contribution in [3.05, 3.63) is 0 Å². The zero-order valence-corrected chi connectivity index (χ0v) is 7.97. The van der Waals surface area contributed by atoms with Crippen LogP contribution in [-0.4, -0.2) is 30.1 Å². The highest BCUT2D eigenvalue weighted by atomic mass is 16.2. The summed E-state index contributed by atoms with van der Waals surface area (Å²) in [5, 5.41) is 3.19. The third kappa shape index (κ3) is 1.97. The Bertz CT molecular complexity index is 159. The van der Waals surface area contributed by atoms with Gasteiger partial charge >= 0.3 is 0 Å². The van der Waals surface area contributed by atoms with E-state index in [1.165, 1.54) is 0 Å². The topological polar surface area (TPSA) is 32.3 Å². The SMILES string of the molecule is CCCCN1C(=O)CNC1CC. The van der Waals surface area contributed by atoms with Crippen molar-refractivity contribution >= 4 is 5.91 Å². The Balaban J connectivity index is 2.40. The molecular formula is C9H18N2O. The molecule has 1 aliphatic rings. The van der Waals surface area contributed by atoms with Crippen LogP contribution in [0, 0.1) is 0 Å². The van der Waals surface area contributed by atoms with Gasteiger partial charge in [0, 0.05) is 6.54 Å². The van der Waals surface area contributed by atoms with E-state index in [1.807, 2.05) is 4.90 Å². The molecule has 1 amide bonds. The molecule has 1 aliphatic heterocycles. The van der Waals surface area contributed by atoms with Crippen molar-refractivity contribution in [1.29, 1.82) is 0 Å².